The van der Waals surface area contributed by atoms with Gasteiger partial charge in [0, 0.05) is 28.8 Å². The molecule has 0 aliphatic heterocycles. The maximum absolute atomic E-state index is 4.44. The highest BCUT2D eigenvalue weighted by Gasteiger charge is 2.14. The topological polar surface area (TPSA) is 29.9 Å². The molecule has 1 aromatic carbocycles. The summed E-state index contributed by atoms with van der Waals surface area (Å²) in [5.74, 6) is 0. The molecule has 1 atom stereocenters. The van der Waals surface area contributed by atoms with Gasteiger partial charge in [0.2, 0.25) is 0 Å². The second-order valence-electron chi connectivity index (χ2n) is 4.94. The van der Waals surface area contributed by atoms with Crippen molar-refractivity contribution < 1.29 is 0 Å². The second-order valence-corrected chi connectivity index (χ2v) is 5.80. The fourth-order valence-corrected chi connectivity index (χ4v) is 2.80. The smallest absolute Gasteiger partial charge is 0.0537 e. The van der Waals surface area contributed by atoms with E-state index in [0.29, 0.717) is 6.04 Å². The molecule has 3 nitrogen and oxygen atoms in total. The van der Waals surface area contributed by atoms with Gasteiger partial charge in [-0.05, 0) is 31.0 Å². The Balaban J connectivity index is 2.15. The number of hydrogen-bond acceptors (Lipinski definition) is 2. The van der Waals surface area contributed by atoms with E-state index in [1.165, 1.54) is 15.6 Å². The zero-order valence-corrected chi connectivity index (χ0v) is 13.7. The first-order chi connectivity index (χ1) is 9.74. The molecule has 0 fully saturated rings. The lowest BCUT2D eigenvalue weighted by Crippen LogP contribution is -2.22. The standard InChI is InChI=1S/C16H22BrN3/c1-3-9-20-12-14(11-19-20)16(18-4-2)10-13-7-5-6-8-15(13)17/h5-8,11-12,16,18H,3-4,9-10H2,1-2H3. The summed E-state index contributed by atoms with van der Waals surface area (Å²) in [7, 11) is 0. The van der Waals surface area contributed by atoms with E-state index in [2.05, 4.69) is 70.7 Å². The van der Waals surface area contributed by atoms with Crippen molar-refractivity contribution in [1.82, 2.24) is 15.1 Å². The van der Waals surface area contributed by atoms with E-state index in [0.717, 1.165) is 25.9 Å². The summed E-state index contributed by atoms with van der Waals surface area (Å²) >= 11 is 3.63. The molecule has 0 radical (unpaired) electrons. The van der Waals surface area contributed by atoms with Crippen LogP contribution in [0.25, 0.3) is 0 Å². The van der Waals surface area contributed by atoms with Crippen LogP contribution < -0.4 is 5.32 Å². The Kier molecular flexibility index (Phi) is 5.80. The normalized spacial score (nSPS) is 12.6. The molecule has 0 aliphatic rings. The molecule has 0 saturated heterocycles. The highest BCUT2D eigenvalue weighted by atomic mass is 79.9. The summed E-state index contributed by atoms with van der Waals surface area (Å²) in [6.45, 7) is 6.25. The highest BCUT2D eigenvalue weighted by Crippen LogP contribution is 2.23. The molecule has 2 rings (SSSR count). The van der Waals surface area contributed by atoms with E-state index in [9.17, 15) is 0 Å². The van der Waals surface area contributed by atoms with Crippen molar-refractivity contribution in [1.29, 1.82) is 0 Å². The number of hydrogen-bond donors (Lipinski definition) is 1. The predicted octanol–water partition coefficient (Wildman–Crippen LogP) is 3.95. The molecule has 0 amide bonds. The number of nitrogens with one attached hydrogen (secondary N) is 1. The first kappa shape index (κ1) is 15.3. The minimum atomic E-state index is 0.310. The number of halogens is 1. The molecule has 1 unspecified atom stereocenters. The first-order valence-electron chi connectivity index (χ1n) is 7.23. The van der Waals surface area contributed by atoms with Gasteiger partial charge in [-0.15, -0.1) is 0 Å². The van der Waals surface area contributed by atoms with Crippen molar-refractivity contribution in [3.05, 3.63) is 52.3 Å². The van der Waals surface area contributed by atoms with Gasteiger partial charge in [0.25, 0.3) is 0 Å². The maximum atomic E-state index is 4.44. The molecular formula is C16H22BrN3. The first-order valence-corrected chi connectivity index (χ1v) is 8.03. The van der Waals surface area contributed by atoms with Crippen LogP contribution in [0.15, 0.2) is 41.1 Å². The van der Waals surface area contributed by atoms with Crippen molar-refractivity contribution in [3.63, 3.8) is 0 Å². The summed E-state index contributed by atoms with van der Waals surface area (Å²) in [6, 6.07) is 8.71. The fraction of sp³-hybridized carbons (Fsp3) is 0.438. The average molecular weight is 336 g/mol. The zero-order valence-electron chi connectivity index (χ0n) is 12.1. The van der Waals surface area contributed by atoms with Crippen LogP contribution in [-0.4, -0.2) is 16.3 Å². The minimum absolute atomic E-state index is 0.310. The molecule has 0 saturated carbocycles. The molecule has 20 heavy (non-hydrogen) atoms. The van der Waals surface area contributed by atoms with Crippen LogP contribution >= 0.6 is 15.9 Å². The lowest BCUT2D eigenvalue weighted by Gasteiger charge is -2.17. The van der Waals surface area contributed by atoms with Crippen LogP contribution in [0.4, 0.5) is 0 Å². The van der Waals surface area contributed by atoms with E-state index in [1.807, 2.05) is 10.9 Å². The predicted molar refractivity (Wildman–Crippen MR) is 86.8 cm³/mol. The SMILES string of the molecule is CCCn1cc(C(Cc2ccccc2Br)NCC)cn1. The Morgan fingerprint density at radius 1 is 1.30 bits per heavy atom. The van der Waals surface area contributed by atoms with E-state index in [1.54, 1.807) is 0 Å². The Hall–Kier alpha value is -1.13. The van der Waals surface area contributed by atoms with Gasteiger partial charge in [-0.25, -0.2) is 0 Å². The van der Waals surface area contributed by atoms with Gasteiger partial charge in [0.05, 0.1) is 6.20 Å². The molecule has 4 heteroatoms. The van der Waals surface area contributed by atoms with Crippen LogP contribution in [0.5, 0.6) is 0 Å². The van der Waals surface area contributed by atoms with Crippen LogP contribution in [0, 0.1) is 0 Å². The number of aromatic nitrogens is 2. The maximum Gasteiger partial charge on any atom is 0.0537 e. The number of rotatable bonds is 7. The molecule has 0 spiro atoms. The number of nitrogens with zero attached hydrogens (tertiary/aromatic N) is 2. The Labute approximate surface area is 129 Å². The van der Waals surface area contributed by atoms with Gasteiger partial charge in [-0.1, -0.05) is 48.0 Å². The van der Waals surface area contributed by atoms with Gasteiger partial charge >= 0.3 is 0 Å². The number of likely N-dealkylation sites (N-methyl/N-ethyl adjacent to an activating group) is 1. The van der Waals surface area contributed by atoms with Crippen molar-refractivity contribution in [3.8, 4) is 0 Å². The molecular weight excluding hydrogens is 314 g/mol. The summed E-state index contributed by atoms with van der Waals surface area (Å²) in [6.07, 6.45) is 6.22. The summed E-state index contributed by atoms with van der Waals surface area (Å²) in [5, 5.41) is 7.99. The minimum Gasteiger partial charge on any atom is -0.310 e. The number of aryl methyl sites for hydroxylation is 1. The summed E-state index contributed by atoms with van der Waals surface area (Å²) < 4.78 is 3.20. The van der Waals surface area contributed by atoms with Crippen molar-refractivity contribution in [2.45, 2.75) is 39.3 Å². The van der Waals surface area contributed by atoms with Gasteiger partial charge in [-0.2, -0.15) is 5.10 Å². The Morgan fingerprint density at radius 2 is 2.10 bits per heavy atom. The van der Waals surface area contributed by atoms with E-state index < -0.39 is 0 Å². The summed E-state index contributed by atoms with van der Waals surface area (Å²) in [5.41, 5.74) is 2.58. The molecule has 1 N–H and O–H groups in total. The average Bonchev–Trinajstić information content (AvgIpc) is 2.90. The monoisotopic (exact) mass is 335 g/mol. The molecule has 1 heterocycles. The van der Waals surface area contributed by atoms with Gasteiger partial charge in [0.1, 0.15) is 0 Å². The summed E-state index contributed by atoms with van der Waals surface area (Å²) in [4.78, 5) is 0. The van der Waals surface area contributed by atoms with Crippen LogP contribution in [0.2, 0.25) is 0 Å². The van der Waals surface area contributed by atoms with Crippen LogP contribution in [-0.2, 0) is 13.0 Å². The molecule has 0 bridgehead atoms. The lowest BCUT2D eigenvalue weighted by atomic mass is 10.0. The largest absolute Gasteiger partial charge is 0.310 e. The van der Waals surface area contributed by atoms with Gasteiger partial charge in [0.15, 0.2) is 0 Å². The quantitative estimate of drug-likeness (QED) is 0.830. The van der Waals surface area contributed by atoms with Crippen LogP contribution in [0.1, 0.15) is 37.4 Å². The zero-order chi connectivity index (χ0) is 14.4. The van der Waals surface area contributed by atoms with E-state index >= 15 is 0 Å². The third kappa shape index (κ3) is 3.93. The molecule has 1 aromatic heterocycles. The van der Waals surface area contributed by atoms with Crippen molar-refractivity contribution in [2.24, 2.45) is 0 Å². The lowest BCUT2D eigenvalue weighted by molar-refractivity contribution is 0.546. The van der Waals surface area contributed by atoms with E-state index in [-0.39, 0.29) is 0 Å². The molecule has 2 aromatic rings. The number of benzene rings is 1. The second kappa shape index (κ2) is 7.60. The Bertz CT molecular complexity index is 536. The van der Waals surface area contributed by atoms with Crippen molar-refractivity contribution in [2.75, 3.05) is 6.54 Å². The third-order valence-corrected chi connectivity index (χ3v) is 4.11. The van der Waals surface area contributed by atoms with Crippen LogP contribution in [0.3, 0.4) is 0 Å². The molecule has 108 valence electrons. The molecule has 0 aliphatic carbocycles. The fourth-order valence-electron chi connectivity index (χ4n) is 2.35. The van der Waals surface area contributed by atoms with Crippen molar-refractivity contribution >= 4 is 15.9 Å². The van der Waals surface area contributed by atoms with Gasteiger partial charge < -0.3 is 5.32 Å². The Morgan fingerprint density at radius 3 is 2.80 bits per heavy atom. The van der Waals surface area contributed by atoms with E-state index in [4.69, 9.17) is 0 Å². The van der Waals surface area contributed by atoms with Gasteiger partial charge in [-0.3, -0.25) is 4.68 Å². The highest BCUT2D eigenvalue weighted by molar-refractivity contribution is 9.10. The third-order valence-electron chi connectivity index (χ3n) is 3.34.